The van der Waals surface area contributed by atoms with Crippen LogP contribution in [0.4, 0.5) is 0 Å². The lowest BCUT2D eigenvalue weighted by molar-refractivity contribution is -0.140. The molecule has 1 N–H and O–H groups in total. The van der Waals surface area contributed by atoms with Crippen molar-refractivity contribution in [2.24, 2.45) is 0 Å². The van der Waals surface area contributed by atoms with Crippen LogP contribution < -0.4 is 10.1 Å². The Morgan fingerprint density at radius 3 is 2.59 bits per heavy atom. The molecule has 0 amide bonds. The van der Waals surface area contributed by atoms with E-state index in [1.54, 1.807) is 18.2 Å². The summed E-state index contributed by atoms with van der Waals surface area (Å²) in [6.45, 7) is 2.13. The lowest BCUT2D eigenvalue weighted by Gasteiger charge is -2.34. The maximum Gasteiger partial charge on any atom is 0.336 e. The van der Waals surface area contributed by atoms with Crippen LogP contribution in [0.5, 0.6) is 5.75 Å². The van der Waals surface area contributed by atoms with Crippen molar-refractivity contribution >= 4 is 35.0 Å². The molecule has 1 aliphatic heterocycles. The van der Waals surface area contributed by atoms with Crippen molar-refractivity contribution in [3.8, 4) is 5.75 Å². The van der Waals surface area contributed by atoms with E-state index in [1.165, 1.54) is 0 Å². The van der Waals surface area contributed by atoms with Crippen LogP contribution in [0.1, 0.15) is 37.7 Å². The third kappa shape index (κ3) is 4.69. The Balaban J connectivity index is 1.58. The van der Waals surface area contributed by atoms with Crippen molar-refractivity contribution in [3.63, 3.8) is 0 Å². The number of hydrogen-bond donors (Lipinski definition) is 1. The number of Topliss-reactive ketones (excluding diaryl/α,β-unsaturated/α-hetero) is 1. The van der Waals surface area contributed by atoms with Crippen LogP contribution >= 0.6 is 23.2 Å². The minimum absolute atomic E-state index is 0.0278. The van der Waals surface area contributed by atoms with Gasteiger partial charge in [-0.1, -0.05) is 47.5 Å². The van der Waals surface area contributed by atoms with Crippen LogP contribution in [0.25, 0.3) is 0 Å². The van der Waals surface area contributed by atoms with Gasteiger partial charge in [0.05, 0.1) is 15.6 Å². The molecule has 166 valence electrons. The SMILES string of the molecule is CC1=C(C(=O)OCCOc2ccccc2)C(c2ccc(Cl)c(Cl)c2)C2=C(CCCC2=O)N1. The molecular weight excluding hydrogens is 449 g/mol. The molecule has 0 fully saturated rings. The molecule has 1 unspecified atom stereocenters. The number of para-hydroxylation sites is 1. The Labute approximate surface area is 197 Å². The molecule has 0 aromatic heterocycles. The second kappa shape index (κ2) is 9.80. The number of dihydropyridines is 1. The Bertz CT molecular complexity index is 1110. The second-order valence-corrected chi connectivity index (χ2v) is 8.55. The van der Waals surface area contributed by atoms with Crippen molar-refractivity contribution in [3.05, 3.63) is 86.7 Å². The van der Waals surface area contributed by atoms with Crippen molar-refractivity contribution in [1.82, 2.24) is 5.32 Å². The molecule has 7 heteroatoms. The summed E-state index contributed by atoms with van der Waals surface area (Å²) in [5, 5.41) is 4.05. The van der Waals surface area contributed by atoms with Gasteiger partial charge in [-0.15, -0.1) is 0 Å². The highest BCUT2D eigenvalue weighted by molar-refractivity contribution is 6.42. The first-order valence-electron chi connectivity index (χ1n) is 10.5. The largest absolute Gasteiger partial charge is 0.490 e. The van der Waals surface area contributed by atoms with Gasteiger partial charge in [-0.25, -0.2) is 4.79 Å². The molecule has 2 aliphatic rings. The number of rotatable bonds is 6. The fraction of sp³-hybridized carbons (Fsp3) is 0.280. The van der Waals surface area contributed by atoms with Gasteiger partial charge in [0.15, 0.2) is 5.78 Å². The van der Waals surface area contributed by atoms with Gasteiger partial charge in [-0.3, -0.25) is 4.79 Å². The molecule has 2 aromatic rings. The summed E-state index contributed by atoms with van der Waals surface area (Å²) in [4.78, 5) is 26.1. The Kier molecular flexibility index (Phi) is 6.87. The molecule has 4 rings (SSSR count). The van der Waals surface area contributed by atoms with E-state index in [-0.39, 0.29) is 19.0 Å². The topological polar surface area (TPSA) is 64.6 Å². The molecule has 1 atom stereocenters. The van der Waals surface area contributed by atoms with Crippen LogP contribution in [-0.2, 0) is 14.3 Å². The molecule has 0 spiro atoms. The van der Waals surface area contributed by atoms with Crippen LogP contribution in [0, 0.1) is 0 Å². The number of carbonyl (C=O) groups is 2. The average molecular weight is 472 g/mol. The standard InChI is InChI=1S/C25H23Cl2NO4/c1-15-22(25(30)32-13-12-31-17-6-3-2-4-7-17)23(16-10-11-18(26)19(27)14-16)24-20(28-15)8-5-9-21(24)29/h2-4,6-7,10-11,14,23,28H,5,8-9,12-13H2,1H3. The van der Waals surface area contributed by atoms with E-state index in [2.05, 4.69) is 5.32 Å². The van der Waals surface area contributed by atoms with Crippen molar-refractivity contribution in [2.75, 3.05) is 13.2 Å². The number of ketones is 1. The third-order valence-electron chi connectivity index (χ3n) is 5.60. The first kappa shape index (κ1) is 22.4. The van der Waals surface area contributed by atoms with Gasteiger partial charge in [0, 0.05) is 29.3 Å². The molecular formula is C25H23Cl2NO4. The highest BCUT2D eigenvalue weighted by atomic mass is 35.5. The lowest BCUT2D eigenvalue weighted by Crippen LogP contribution is -2.34. The number of halogens is 2. The zero-order valence-corrected chi connectivity index (χ0v) is 19.1. The summed E-state index contributed by atoms with van der Waals surface area (Å²) in [6.07, 6.45) is 1.98. The van der Waals surface area contributed by atoms with Crippen molar-refractivity contribution in [2.45, 2.75) is 32.1 Å². The molecule has 0 radical (unpaired) electrons. The van der Waals surface area contributed by atoms with Crippen molar-refractivity contribution < 1.29 is 19.1 Å². The first-order chi connectivity index (χ1) is 15.5. The van der Waals surface area contributed by atoms with E-state index in [9.17, 15) is 9.59 Å². The summed E-state index contributed by atoms with van der Waals surface area (Å²) in [5.74, 6) is -0.321. The van der Waals surface area contributed by atoms with Gasteiger partial charge in [0.2, 0.25) is 0 Å². The summed E-state index contributed by atoms with van der Waals surface area (Å²) in [6, 6.07) is 14.5. The average Bonchev–Trinajstić information content (AvgIpc) is 2.78. The van der Waals surface area contributed by atoms with E-state index < -0.39 is 11.9 Å². The van der Waals surface area contributed by atoms with E-state index in [1.807, 2.05) is 37.3 Å². The first-order valence-corrected chi connectivity index (χ1v) is 11.2. The Morgan fingerprint density at radius 2 is 1.84 bits per heavy atom. The fourth-order valence-corrected chi connectivity index (χ4v) is 4.47. The van der Waals surface area contributed by atoms with Gasteiger partial charge in [0.1, 0.15) is 19.0 Å². The summed E-state index contributed by atoms with van der Waals surface area (Å²) >= 11 is 12.4. The predicted molar refractivity (Wildman–Crippen MR) is 124 cm³/mol. The molecule has 5 nitrogen and oxygen atoms in total. The maximum atomic E-state index is 13.2. The zero-order valence-electron chi connectivity index (χ0n) is 17.6. The maximum absolute atomic E-state index is 13.2. The van der Waals surface area contributed by atoms with Crippen LogP contribution in [0.2, 0.25) is 10.0 Å². The van der Waals surface area contributed by atoms with E-state index in [4.69, 9.17) is 32.7 Å². The smallest absolute Gasteiger partial charge is 0.336 e. The number of hydrogen-bond acceptors (Lipinski definition) is 5. The number of allylic oxidation sites excluding steroid dienone is 3. The number of benzene rings is 2. The van der Waals surface area contributed by atoms with Crippen LogP contribution in [0.15, 0.2) is 71.1 Å². The van der Waals surface area contributed by atoms with E-state index in [0.29, 0.717) is 39.1 Å². The summed E-state index contributed by atoms with van der Waals surface area (Å²) in [5.41, 5.74) is 3.27. The molecule has 1 aliphatic carbocycles. The Morgan fingerprint density at radius 1 is 1.06 bits per heavy atom. The normalized spacial score (nSPS) is 18.2. The highest BCUT2D eigenvalue weighted by Gasteiger charge is 2.39. The summed E-state index contributed by atoms with van der Waals surface area (Å²) in [7, 11) is 0. The van der Waals surface area contributed by atoms with Gasteiger partial charge in [-0.2, -0.15) is 0 Å². The third-order valence-corrected chi connectivity index (χ3v) is 6.34. The number of carbonyl (C=O) groups excluding carboxylic acids is 2. The van der Waals surface area contributed by atoms with Crippen molar-refractivity contribution in [1.29, 1.82) is 0 Å². The van der Waals surface area contributed by atoms with Gasteiger partial charge in [0.25, 0.3) is 0 Å². The highest BCUT2D eigenvalue weighted by Crippen LogP contribution is 2.43. The molecule has 1 heterocycles. The predicted octanol–water partition coefficient (Wildman–Crippen LogP) is 5.58. The minimum Gasteiger partial charge on any atom is -0.490 e. The Hall–Kier alpha value is -2.76. The zero-order chi connectivity index (χ0) is 22.7. The number of esters is 1. The van der Waals surface area contributed by atoms with E-state index >= 15 is 0 Å². The fourth-order valence-electron chi connectivity index (χ4n) is 4.17. The monoisotopic (exact) mass is 471 g/mol. The lowest BCUT2D eigenvalue weighted by atomic mass is 9.75. The second-order valence-electron chi connectivity index (χ2n) is 7.74. The molecule has 0 saturated carbocycles. The van der Waals surface area contributed by atoms with Crippen LogP contribution in [0.3, 0.4) is 0 Å². The molecule has 0 bridgehead atoms. The number of ether oxygens (including phenoxy) is 2. The minimum atomic E-state index is -0.559. The van der Waals surface area contributed by atoms with Crippen LogP contribution in [-0.4, -0.2) is 25.0 Å². The quantitative estimate of drug-likeness (QED) is 0.439. The molecule has 0 saturated heterocycles. The summed E-state index contributed by atoms with van der Waals surface area (Å²) < 4.78 is 11.1. The molecule has 2 aromatic carbocycles. The van der Waals surface area contributed by atoms with Gasteiger partial charge < -0.3 is 14.8 Å². The molecule has 32 heavy (non-hydrogen) atoms. The van der Waals surface area contributed by atoms with Gasteiger partial charge >= 0.3 is 5.97 Å². The van der Waals surface area contributed by atoms with E-state index in [0.717, 1.165) is 24.1 Å². The number of nitrogens with one attached hydrogen (secondary N) is 1. The van der Waals surface area contributed by atoms with Gasteiger partial charge in [-0.05, 0) is 49.6 Å².